The highest BCUT2D eigenvalue weighted by atomic mass is 35.5. The number of hydrogen-bond donors (Lipinski definition) is 1. The Bertz CT molecular complexity index is 1010. The number of benzene rings is 3. The van der Waals surface area contributed by atoms with E-state index >= 15 is 0 Å². The van der Waals surface area contributed by atoms with E-state index in [1.165, 1.54) is 22.3 Å². The van der Waals surface area contributed by atoms with E-state index in [9.17, 15) is 5.11 Å². The fraction of sp³-hybridized carbons (Fsp3) is 0.259. The quantitative estimate of drug-likeness (QED) is 0.544. The molecule has 5 rings (SSSR count). The van der Waals surface area contributed by atoms with Gasteiger partial charge in [0.25, 0.3) is 0 Å². The molecule has 0 amide bonds. The molecule has 1 fully saturated rings. The van der Waals surface area contributed by atoms with Gasteiger partial charge in [0, 0.05) is 18.1 Å². The minimum absolute atomic E-state index is 0.287. The molecule has 0 aromatic heterocycles. The van der Waals surface area contributed by atoms with Crippen LogP contribution in [0.15, 0.2) is 90.5 Å². The Balaban J connectivity index is 1.81. The number of piperidine rings is 1. The first kappa shape index (κ1) is 19.4. The standard InChI is InChI=1S/C27H26ClNO/c28-16-8-18-29-17-7-13-24-26(29)23-15-14-22(30)19-25(23)27(24,20-9-3-1-4-10-20)21-11-5-2-6-12-21/h1-6,8-12,14-16,19,24,26,30H,7,13,17-18H2. The van der Waals surface area contributed by atoms with Gasteiger partial charge in [0.15, 0.2) is 0 Å². The Hall–Kier alpha value is -2.55. The van der Waals surface area contributed by atoms with Gasteiger partial charge in [-0.15, -0.1) is 0 Å². The molecule has 0 saturated carbocycles. The highest BCUT2D eigenvalue weighted by molar-refractivity contribution is 6.25. The van der Waals surface area contributed by atoms with Crippen LogP contribution in [0.25, 0.3) is 0 Å². The second-order valence-electron chi connectivity index (χ2n) is 8.36. The van der Waals surface area contributed by atoms with Crippen LogP contribution in [-0.2, 0) is 5.41 Å². The van der Waals surface area contributed by atoms with Gasteiger partial charge in [0.1, 0.15) is 5.75 Å². The molecule has 1 saturated heterocycles. The Morgan fingerprint density at radius 1 is 0.967 bits per heavy atom. The lowest BCUT2D eigenvalue weighted by atomic mass is 9.62. The predicted octanol–water partition coefficient (Wildman–Crippen LogP) is 6.25. The maximum atomic E-state index is 10.5. The maximum absolute atomic E-state index is 10.5. The van der Waals surface area contributed by atoms with Crippen LogP contribution < -0.4 is 0 Å². The van der Waals surface area contributed by atoms with E-state index in [1.807, 2.05) is 18.2 Å². The minimum atomic E-state index is -0.287. The molecule has 2 unspecified atom stereocenters. The van der Waals surface area contributed by atoms with E-state index in [0.717, 1.165) is 25.9 Å². The van der Waals surface area contributed by atoms with E-state index < -0.39 is 0 Å². The van der Waals surface area contributed by atoms with Crippen LogP contribution in [-0.4, -0.2) is 23.1 Å². The van der Waals surface area contributed by atoms with Crippen LogP contribution in [0.4, 0.5) is 0 Å². The SMILES string of the molecule is Oc1ccc2c(c1)C(c1ccccc1)(c1ccccc1)C1CCCN(CC=CCl)C21. The van der Waals surface area contributed by atoms with Crippen molar-refractivity contribution in [1.29, 1.82) is 0 Å². The average molecular weight is 416 g/mol. The average Bonchev–Trinajstić information content (AvgIpc) is 3.09. The number of halogens is 1. The first-order valence-corrected chi connectivity index (χ1v) is 11.1. The summed E-state index contributed by atoms with van der Waals surface area (Å²) in [7, 11) is 0. The summed E-state index contributed by atoms with van der Waals surface area (Å²) in [4.78, 5) is 2.55. The van der Waals surface area contributed by atoms with Crippen LogP contribution in [0.2, 0.25) is 0 Å². The summed E-state index contributed by atoms with van der Waals surface area (Å²) < 4.78 is 0. The maximum Gasteiger partial charge on any atom is 0.115 e. The van der Waals surface area contributed by atoms with Crippen molar-refractivity contribution in [1.82, 2.24) is 4.90 Å². The summed E-state index contributed by atoms with van der Waals surface area (Å²) >= 11 is 5.89. The van der Waals surface area contributed by atoms with Crippen molar-refractivity contribution in [3.05, 3.63) is 113 Å². The van der Waals surface area contributed by atoms with Crippen molar-refractivity contribution in [2.24, 2.45) is 5.92 Å². The highest BCUT2D eigenvalue weighted by Crippen LogP contribution is 2.61. The summed E-state index contributed by atoms with van der Waals surface area (Å²) in [5, 5.41) is 10.5. The third-order valence-electron chi connectivity index (χ3n) is 6.96. The zero-order chi connectivity index (χ0) is 20.6. The summed E-state index contributed by atoms with van der Waals surface area (Å²) in [6.45, 7) is 1.90. The summed E-state index contributed by atoms with van der Waals surface area (Å²) in [5.41, 5.74) is 6.49. The topological polar surface area (TPSA) is 23.5 Å². The van der Waals surface area contributed by atoms with Gasteiger partial charge in [-0.1, -0.05) is 84.4 Å². The molecule has 1 heterocycles. The van der Waals surface area contributed by atoms with Crippen molar-refractivity contribution in [2.45, 2.75) is 24.3 Å². The Morgan fingerprint density at radius 3 is 2.27 bits per heavy atom. The number of fused-ring (bicyclic) bond motifs is 3. The predicted molar refractivity (Wildman–Crippen MR) is 123 cm³/mol. The largest absolute Gasteiger partial charge is 0.508 e. The number of phenols is 1. The van der Waals surface area contributed by atoms with Crippen LogP contribution in [0.3, 0.4) is 0 Å². The zero-order valence-corrected chi connectivity index (χ0v) is 17.7. The van der Waals surface area contributed by atoms with Gasteiger partial charge in [-0.05, 0) is 59.7 Å². The molecular weight excluding hydrogens is 390 g/mol. The molecule has 30 heavy (non-hydrogen) atoms. The van der Waals surface area contributed by atoms with Gasteiger partial charge in [-0.2, -0.15) is 0 Å². The molecule has 2 atom stereocenters. The number of phenolic OH excluding ortho intramolecular Hbond substituents is 1. The second-order valence-corrected chi connectivity index (χ2v) is 8.61. The lowest BCUT2D eigenvalue weighted by Gasteiger charge is -2.45. The van der Waals surface area contributed by atoms with E-state index in [4.69, 9.17) is 11.6 Å². The number of aromatic hydroxyl groups is 1. The molecule has 3 aromatic carbocycles. The van der Waals surface area contributed by atoms with Gasteiger partial charge in [-0.25, -0.2) is 0 Å². The molecule has 152 valence electrons. The smallest absolute Gasteiger partial charge is 0.115 e. The van der Waals surface area contributed by atoms with E-state index in [2.05, 4.69) is 71.6 Å². The van der Waals surface area contributed by atoms with Crippen molar-refractivity contribution < 1.29 is 5.11 Å². The van der Waals surface area contributed by atoms with Gasteiger partial charge in [0.05, 0.1) is 5.41 Å². The first-order valence-electron chi connectivity index (χ1n) is 10.7. The fourth-order valence-corrected chi connectivity index (χ4v) is 6.04. The third kappa shape index (κ3) is 2.90. The molecule has 0 bridgehead atoms. The molecule has 0 radical (unpaired) electrons. The van der Waals surface area contributed by atoms with Crippen LogP contribution in [0, 0.1) is 5.92 Å². The van der Waals surface area contributed by atoms with Gasteiger partial charge >= 0.3 is 0 Å². The normalized spacial score (nSPS) is 22.7. The summed E-state index contributed by atoms with van der Waals surface area (Å²) in [6.07, 6.45) is 4.33. The molecule has 3 aromatic rings. The molecule has 0 spiro atoms. The molecule has 3 heteroatoms. The highest BCUT2D eigenvalue weighted by Gasteiger charge is 2.56. The number of rotatable bonds is 4. The number of likely N-dealkylation sites (tertiary alicyclic amines) is 1. The third-order valence-corrected chi connectivity index (χ3v) is 7.14. The first-order chi connectivity index (χ1) is 14.8. The van der Waals surface area contributed by atoms with Crippen molar-refractivity contribution >= 4 is 11.6 Å². The minimum Gasteiger partial charge on any atom is -0.508 e. The monoisotopic (exact) mass is 415 g/mol. The van der Waals surface area contributed by atoms with Crippen molar-refractivity contribution in [3.63, 3.8) is 0 Å². The van der Waals surface area contributed by atoms with Crippen molar-refractivity contribution in [3.8, 4) is 5.75 Å². The molecule has 1 aliphatic heterocycles. The van der Waals surface area contributed by atoms with E-state index in [-0.39, 0.29) is 5.41 Å². The number of hydrogen-bond acceptors (Lipinski definition) is 2. The fourth-order valence-electron chi connectivity index (χ4n) is 5.96. The molecule has 2 aliphatic rings. The van der Waals surface area contributed by atoms with Crippen molar-refractivity contribution in [2.75, 3.05) is 13.1 Å². The van der Waals surface area contributed by atoms with Crippen LogP contribution in [0.1, 0.15) is 41.1 Å². The van der Waals surface area contributed by atoms with Gasteiger partial charge in [0.2, 0.25) is 0 Å². The molecule has 1 aliphatic carbocycles. The Labute approximate surface area is 183 Å². The second kappa shape index (κ2) is 7.94. The lowest BCUT2D eigenvalue weighted by molar-refractivity contribution is 0.0944. The zero-order valence-electron chi connectivity index (χ0n) is 16.9. The van der Waals surface area contributed by atoms with Crippen LogP contribution >= 0.6 is 11.6 Å². The van der Waals surface area contributed by atoms with Crippen LogP contribution in [0.5, 0.6) is 5.75 Å². The molecule has 2 nitrogen and oxygen atoms in total. The Morgan fingerprint density at radius 2 is 1.63 bits per heavy atom. The number of nitrogens with zero attached hydrogens (tertiary/aromatic N) is 1. The molecule has 1 N–H and O–H groups in total. The summed E-state index contributed by atoms with van der Waals surface area (Å²) in [5.74, 6) is 0.715. The van der Waals surface area contributed by atoms with E-state index in [0.29, 0.717) is 17.7 Å². The molecular formula is C27H26ClNO. The van der Waals surface area contributed by atoms with E-state index in [1.54, 1.807) is 5.54 Å². The Kier molecular flexibility index (Phi) is 5.14. The lowest BCUT2D eigenvalue weighted by Crippen LogP contribution is -2.44. The van der Waals surface area contributed by atoms with Gasteiger partial charge in [-0.3, -0.25) is 4.90 Å². The summed E-state index contributed by atoms with van der Waals surface area (Å²) in [6, 6.07) is 28.0. The van der Waals surface area contributed by atoms with Gasteiger partial charge < -0.3 is 5.11 Å².